The van der Waals surface area contributed by atoms with Gasteiger partial charge in [-0.3, -0.25) is 0 Å². The number of nitrogens with one attached hydrogen (secondary N) is 1. The monoisotopic (exact) mass is 432 g/mol. The van der Waals surface area contributed by atoms with E-state index in [0.29, 0.717) is 5.02 Å². The van der Waals surface area contributed by atoms with Crippen molar-refractivity contribution in [2.45, 2.75) is 0 Å². The van der Waals surface area contributed by atoms with Crippen molar-refractivity contribution in [3.8, 4) is 11.4 Å². The van der Waals surface area contributed by atoms with Crippen LogP contribution >= 0.6 is 50.1 Å². The summed E-state index contributed by atoms with van der Waals surface area (Å²) in [6, 6.07) is 11.8. The maximum absolute atomic E-state index is 5.97. The molecule has 0 spiro atoms. The SMILES string of the molecule is Clc1ccc2nc(-c3cc(Br)ccc3I)[nH]c2c1. The highest BCUT2D eigenvalue weighted by Gasteiger charge is 2.09. The van der Waals surface area contributed by atoms with Gasteiger partial charge < -0.3 is 4.98 Å². The summed E-state index contributed by atoms with van der Waals surface area (Å²) in [7, 11) is 0. The first-order chi connectivity index (χ1) is 8.63. The van der Waals surface area contributed by atoms with Crippen molar-refractivity contribution in [3.63, 3.8) is 0 Å². The predicted molar refractivity (Wildman–Crippen MR) is 87.0 cm³/mol. The van der Waals surface area contributed by atoms with Crippen molar-refractivity contribution in [3.05, 3.63) is 49.5 Å². The largest absolute Gasteiger partial charge is 0.338 e. The Morgan fingerprint density at radius 1 is 1.17 bits per heavy atom. The van der Waals surface area contributed by atoms with Crippen molar-refractivity contribution in [2.75, 3.05) is 0 Å². The first-order valence-electron chi connectivity index (χ1n) is 5.24. The standard InChI is InChI=1S/C13H7BrClIN2/c14-7-1-3-10(16)9(5-7)13-17-11-4-2-8(15)6-12(11)18-13/h1-6H,(H,17,18). The lowest BCUT2D eigenvalue weighted by Gasteiger charge is -2.01. The van der Waals surface area contributed by atoms with Crippen molar-refractivity contribution < 1.29 is 0 Å². The van der Waals surface area contributed by atoms with Crippen LogP contribution in [-0.4, -0.2) is 9.97 Å². The molecule has 3 rings (SSSR count). The number of aromatic nitrogens is 2. The Morgan fingerprint density at radius 3 is 2.83 bits per heavy atom. The molecule has 1 N–H and O–H groups in total. The lowest BCUT2D eigenvalue weighted by atomic mass is 10.2. The fourth-order valence-corrected chi connectivity index (χ4v) is 2.91. The molecule has 0 radical (unpaired) electrons. The summed E-state index contributed by atoms with van der Waals surface area (Å²) >= 11 is 11.8. The average Bonchev–Trinajstić information content (AvgIpc) is 2.74. The molecule has 5 heteroatoms. The maximum atomic E-state index is 5.97. The van der Waals surface area contributed by atoms with E-state index in [0.717, 1.165) is 30.5 Å². The Morgan fingerprint density at radius 2 is 2.00 bits per heavy atom. The second kappa shape index (κ2) is 4.83. The Balaban J connectivity index is 2.22. The molecule has 0 amide bonds. The number of benzene rings is 2. The topological polar surface area (TPSA) is 28.7 Å². The van der Waals surface area contributed by atoms with Gasteiger partial charge in [-0.05, 0) is 59.0 Å². The smallest absolute Gasteiger partial charge is 0.139 e. The molecular weight excluding hydrogens is 426 g/mol. The molecule has 1 heterocycles. The van der Waals surface area contributed by atoms with Gasteiger partial charge in [-0.25, -0.2) is 4.98 Å². The number of halogens is 3. The molecule has 2 nitrogen and oxygen atoms in total. The number of rotatable bonds is 1. The molecule has 0 aliphatic heterocycles. The molecule has 0 atom stereocenters. The van der Waals surface area contributed by atoms with Crippen LogP contribution in [0.2, 0.25) is 5.02 Å². The van der Waals surface area contributed by atoms with Gasteiger partial charge in [-0.2, -0.15) is 0 Å². The molecule has 0 fully saturated rings. The number of hydrogen-bond acceptors (Lipinski definition) is 1. The molecule has 0 bridgehead atoms. The third kappa shape index (κ3) is 2.29. The fraction of sp³-hybridized carbons (Fsp3) is 0. The highest BCUT2D eigenvalue weighted by atomic mass is 127. The fourth-order valence-electron chi connectivity index (χ4n) is 1.79. The van der Waals surface area contributed by atoms with Crippen molar-refractivity contribution in [1.82, 2.24) is 9.97 Å². The van der Waals surface area contributed by atoms with Crippen LogP contribution in [0.3, 0.4) is 0 Å². The van der Waals surface area contributed by atoms with Crippen LogP contribution in [0.25, 0.3) is 22.4 Å². The van der Waals surface area contributed by atoms with E-state index >= 15 is 0 Å². The Hall–Kier alpha value is -0.590. The lowest BCUT2D eigenvalue weighted by Crippen LogP contribution is -1.84. The molecule has 0 saturated heterocycles. The molecule has 90 valence electrons. The van der Waals surface area contributed by atoms with E-state index in [1.807, 2.05) is 24.3 Å². The summed E-state index contributed by atoms with van der Waals surface area (Å²) in [4.78, 5) is 7.89. The highest BCUT2D eigenvalue weighted by molar-refractivity contribution is 14.1. The molecule has 0 aliphatic rings. The summed E-state index contributed by atoms with van der Waals surface area (Å²) in [6.07, 6.45) is 0. The average molecular weight is 433 g/mol. The minimum Gasteiger partial charge on any atom is -0.338 e. The van der Waals surface area contributed by atoms with Gasteiger partial charge in [0.25, 0.3) is 0 Å². The number of nitrogens with zero attached hydrogens (tertiary/aromatic N) is 1. The van der Waals surface area contributed by atoms with E-state index in [9.17, 15) is 0 Å². The third-order valence-electron chi connectivity index (χ3n) is 2.63. The summed E-state index contributed by atoms with van der Waals surface area (Å²) in [6.45, 7) is 0. The van der Waals surface area contributed by atoms with Crippen molar-refractivity contribution in [1.29, 1.82) is 0 Å². The third-order valence-corrected chi connectivity index (χ3v) is 4.30. The number of imidazole rings is 1. The van der Waals surface area contributed by atoms with Crippen LogP contribution in [0.1, 0.15) is 0 Å². The van der Waals surface area contributed by atoms with Gasteiger partial charge >= 0.3 is 0 Å². The molecule has 0 unspecified atom stereocenters. The molecule has 3 aromatic rings. The van der Waals surface area contributed by atoms with Gasteiger partial charge in [0.05, 0.1) is 11.0 Å². The number of aromatic amines is 1. The minimum absolute atomic E-state index is 0.710. The predicted octanol–water partition coefficient (Wildman–Crippen LogP) is 5.25. The van der Waals surface area contributed by atoms with Gasteiger partial charge in [0.15, 0.2) is 0 Å². The zero-order chi connectivity index (χ0) is 12.7. The van der Waals surface area contributed by atoms with E-state index in [4.69, 9.17) is 11.6 Å². The Bertz CT molecular complexity index is 739. The van der Waals surface area contributed by atoms with Crippen LogP contribution in [0.15, 0.2) is 40.9 Å². The maximum Gasteiger partial charge on any atom is 0.139 e. The van der Waals surface area contributed by atoms with Crippen LogP contribution in [0.4, 0.5) is 0 Å². The second-order valence-electron chi connectivity index (χ2n) is 3.87. The minimum atomic E-state index is 0.710. The van der Waals surface area contributed by atoms with Crippen LogP contribution in [0, 0.1) is 3.57 Å². The zero-order valence-electron chi connectivity index (χ0n) is 9.05. The van der Waals surface area contributed by atoms with Gasteiger partial charge in [-0.1, -0.05) is 27.5 Å². The number of hydrogen-bond donors (Lipinski definition) is 1. The molecule has 0 saturated carbocycles. The lowest BCUT2D eigenvalue weighted by molar-refractivity contribution is 1.32. The van der Waals surface area contributed by atoms with Crippen LogP contribution in [0.5, 0.6) is 0 Å². The zero-order valence-corrected chi connectivity index (χ0v) is 13.5. The summed E-state index contributed by atoms with van der Waals surface area (Å²) < 4.78 is 2.19. The van der Waals surface area contributed by atoms with Crippen molar-refractivity contribution in [2.24, 2.45) is 0 Å². The highest BCUT2D eigenvalue weighted by Crippen LogP contribution is 2.28. The number of H-pyrrole nitrogens is 1. The Kier molecular flexibility index (Phi) is 3.34. The van der Waals surface area contributed by atoms with Gasteiger partial charge in [0.2, 0.25) is 0 Å². The quantitative estimate of drug-likeness (QED) is 0.522. The van der Waals surface area contributed by atoms with E-state index < -0.39 is 0 Å². The van der Waals surface area contributed by atoms with Crippen LogP contribution < -0.4 is 0 Å². The molecule has 2 aromatic carbocycles. The summed E-state index contributed by atoms with van der Waals surface area (Å²) in [5, 5.41) is 0.710. The van der Waals surface area contributed by atoms with E-state index in [1.165, 1.54) is 0 Å². The molecule has 0 aliphatic carbocycles. The van der Waals surface area contributed by atoms with E-state index in [2.05, 4.69) is 60.6 Å². The molecule has 18 heavy (non-hydrogen) atoms. The van der Waals surface area contributed by atoms with Gasteiger partial charge in [0, 0.05) is 18.6 Å². The summed E-state index contributed by atoms with van der Waals surface area (Å²) in [5.74, 6) is 0.859. The van der Waals surface area contributed by atoms with Crippen LogP contribution in [-0.2, 0) is 0 Å². The Labute approximate surface area is 131 Å². The van der Waals surface area contributed by atoms with E-state index in [-0.39, 0.29) is 0 Å². The van der Waals surface area contributed by atoms with Gasteiger partial charge in [0.1, 0.15) is 5.82 Å². The second-order valence-corrected chi connectivity index (χ2v) is 6.39. The number of fused-ring (bicyclic) bond motifs is 1. The van der Waals surface area contributed by atoms with Gasteiger partial charge in [-0.15, -0.1) is 0 Å². The van der Waals surface area contributed by atoms with E-state index in [1.54, 1.807) is 0 Å². The first kappa shape index (κ1) is 12.4. The summed E-state index contributed by atoms with van der Waals surface area (Å²) in [5.41, 5.74) is 2.95. The first-order valence-corrected chi connectivity index (χ1v) is 7.49. The molecular formula is C13H7BrClIN2. The van der Waals surface area contributed by atoms with Crippen molar-refractivity contribution >= 4 is 61.2 Å². The normalized spacial score (nSPS) is 11.1. The molecule has 1 aromatic heterocycles.